The molecule has 1 aromatic heterocycles. The van der Waals surface area contributed by atoms with E-state index >= 15 is 0 Å². The number of ether oxygens (including phenoxy) is 1. The van der Waals surface area contributed by atoms with E-state index in [2.05, 4.69) is 10.3 Å². The standard InChI is InChI=1S/C21H15N3O6S2/c25-19(13-30-17-8-5-14-3-1-2-4-15(14)11-17)23-21-22-12-20(31-21)32(28,29)18-9-6-16(7-10-18)24(26)27/h1-12H,13H2,(H,22,23,25). The van der Waals surface area contributed by atoms with Gasteiger partial charge < -0.3 is 4.74 Å². The molecule has 4 rings (SSSR count). The molecule has 11 heteroatoms. The Labute approximate surface area is 186 Å². The van der Waals surface area contributed by atoms with Crippen molar-refractivity contribution in [3.8, 4) is 5.75 Å². The van der Waals surface area contributed by atoms with Crippen LogP contribution in [0.25, 0.3) is 10.8 Å². The maximum absolute atomic E-state index is 12.7. The third-order valence-electron chi connectivity index (χ3n) is 4.44. The van der Waals surface area contributed by atoms with E-state index in [1.54, 1.807) is 6.07 Å². The number of rotatable bonds is 7. The summed E-state index contributed by atoms with van der Waals surface area (Å²) in [5.41, 5.74) is -0.215. The molecule has 0 spiro atoms. The van der Waals surface area contributed by atoms with Crippen LogP contribution in [0.15, 0.2) is 82.0 Å². The van der Waals surface area contributed by atoms with E-state index in [1.165, 1.54) is 0 Å². The van der Waals surface area contributed by atoms with Crippen LogP contribution < -0.4 is 10.1 Å². The molecule has 0 saturated heterocycles. The maximum atomic E-state index is 12.7. The van der Waals surface area contributed by atoms with Crippen molar-refractivity contribution in [2.45, 2.75) is 9.10 Å². The quantitative estimate of drug-likeness (QED) is 0.319. The van der Waals surface area contributed by atoms with Crippen LogP contribution in [0.1, 0.15) is 0 Å². The fraction of sp³-hybridized carbons (Fsp3) is 0.0476. The molecular weight excluding hydrogens is 454 g/mol. The van der Waals surface area contributed by atoms with E-state index in [0.29, 0.717) is 5.75 Å². The molecule has 0 unspecified atom stereocenters. The first-order valence-electron chi connectivity index (χ1n) is 9.20. The minimum atomic E-state index is -3.92. The molecule has 1 heterocycles. The van der Waals surface area contributed by atoms with Crippen LogP contribution in [0.5, 0.6) is 5.75 Å². The number of nitrogens with zero attached hydrogens (tertiary/aromatic N) is 2. The Balaban J connectivity index is 1.40. The van der Waals surface area contributed by atoms with Gasteiger partial charge in [0.2, 0.25) is 9.84 Å². The molecule has 0 radical (unpaired) electrons. The van der Waals surface area contributed by atoms with Gasteiger partial charge in [0.15, 0.2) is 11.7 Å². The third-order valence-corrected chi connectivity index (χ3v) is 7.59. The lowest BCUT2D eigenvalue weighted by Crippen LogP contribution is -2.19. The lowest BCUT2D eigenvalue weighted by atomic mass is 10.1. The lowest BCUT2D eigenvalue weighted by Gasteiger charge is -2.07. The van der Waals surface area contributed by atoms with Crippen LogP contribution >= 0.6 is 11.3 Å². The van der Waals surface area contributed by atoms with Crippen molar-refractivity contribution < 1.29 is 22.9 Å². The summed E-state index contributed by atoms with van der Waals surface area (Å²) >= 11 is 0.777. The summed E-state index contributed by atoms with van der Waals surface area (Å²) in [5, 5.41) is 15.4. The summed E-state index contributed by atoms with van der Waals surface area (Å²) < 4.78 is 30.8. The number of amides is 1. The van der Waals surface area contributed by atoms with Gasteiger partial charge in [-0.05, 0) is 35.0 Å². The number of nitro groups is 1. The predicted octanol–water partition coefficient (Wildman–Crippen LogP) is 4.05. The maximum Gasteiger partial charge on any atom is 0.269 e. The number of non-ortho nitro benzene ring substituents is 1. The molecule has 9 nitrogen and oxygen atoms in total. The Hall–Kier alpha value is -3.83. The predicted molar refractivity (Wildman–Crippen MR) is 119 cm³/mol. The number of carbonyl (C=O) groups is 1. The molecule has 1 amide bonds. The van der Waals surface area contributed by atoms with E-state index in [-0.39, 0.29) is 26.5 Å². The molecule has 0 fully saturated rings. The first-order valence-corrected chi connectivity index (χ1v) is 11.5. The van der Waals surface area contributed by atoms with Gasteiger partial charge in [-0.15, -0.1) is 0 Å². The highest BCUT2D eigenvalue weighted by Gasteiger charge is 2.22. The highest BCUT2D eigenvalue weighted by atomic mass is 32.2. The number of hydrogen-bond donors (Lipinski definition) is 1. The molecule has 0 atom stereocenters. The van der Waals surface area contributed by atoms with E-state index in [0.717, 1.165) is 52.6 Å². The summed E-state index contributed by atoms with van der Waals surface area (Å²) in [6, 6.07) is 17.7. The fourth-order valence-corrected chi connectivity index (χ4v) is 5.31. The van der Waals surface area contributed by atoms with Crippen molar-refractivity contribution in [1.29, 1.82) is 0 Å². The molecule has 32 heavy (non-hydrogen) atoms. The smallest absolute Gasteiger partial charge is 0.269 e. The zero-order valence-corrected chi connectivity index (χ0v) is 17.9. The summed E-state index contributed by atoms with van der Waals surface area (Å²) in [5.74, 6) is 0.0335. The topological polar surface area (TPSA) is 128 Å². The Bertz CT molecular complexity index is 1420. The van der Waals surface area contributed by atoms with Crippen LogP contribution in [0.4, 0.5) is 10.8 Å². The van der Waals surface area contributed by atoms with E-state index in [9.17, 15) is 23.3 Å². The number of nitro benzene ring substituents is 1. The Morgan fingerprint density at radius 1 is 1.06 bits per heavy atom. The number of fused-ring (bicyclic) bond motifs is 1. The van der Waals surface area contributed by atoms with Gasteiger partial charge in [-0.25, -0.2) is 13.4 Å². The summed E-state index contributed by atoms with van der Waals surface area (Å²) in [4.78, 5) is 26.1. The van der Waals surface area contributed by atoms with Crippen LogP contribution in [0.3, 0.4) is 0 Å². The number of carbonyl (C=O) groups excluding carboxylic acids is 1. The molecule has 0 aliphatic carbocycles. The van der Waals surface area contributed by atoms with Gasteiger partial charge in [-0.3, -0.25) is 20.2 Å². The second-order valence-corrected chi connectivity index (χ2v) is 9.79. The summed E-state index contributed by atoms with van der Waals surface area (Å²) in [6.07, 6.45) is 1.13. The largest absolute Gasteiger partial charge is 0.484 e. The number of thiazole rings is 1. The van der Waals surface area contributed by atoms with Crippen molar-refractivity contribution in [3.05, 3.63) is 83.0 Å². The average molecular weight is 470 g/mol. The van der Waals surface area contributed by atoms with Gasteiger partial charge >= 0.3 is 0 Å². The molecule has 0 saturated carbocycles. The van der Waals surface area contributed by atoms with Gasteiger partial charge in [0, 0.05) is 12.1 Å². The van der Waals surface area contributed by atoms with Crippen LogP contribution in [0, 0.1) is 10.1 Å². The zero-order valence-electron chi connectivity index (χ0n) is 16.3. The first kappa shape index (κ1) is 21.4. The molecule has 1 N–H and O–H groups in total. The number of sulfone groups is 1. The highest BCUT2D eigenvalue weighted by Crippen LogP contribution is 2.29. The Morgan fingerprint density at radius 3 is 2.50 bits per heavy atom. The van der Waals surface area contributed by atoms with Gasteiger partial charge in [-0.2, -0.15) is 0 Å². The molecule has 0 bridgehead atoms. The molecule has 162 valence electrons. The van der Waals surface area contributed by atoms with Crippen molar-refractivity contribution in [2.75, 3.05) is 11.9 Å². The number of benzene rings is 3. The van der Waals surface area contributed by atoms with Gasteiger partial charge in [0.05, 0.1) is 16.0 Å². The lowest BCUT2D eigenvalue weighted by molar-refractivity contribution is -0.384. The second kappa shape index (κ2) is 8.73. The average Bonchev–Trinajstić information content (AvgIpc) is 3.27. The van der Waals surface area contributed by atoms with Crippen molar-refractivity contribution in [3.63, 3.8) is 0 Å². The van der Waals surface area contributed by atoms with Crippen LogP contribution in [0.2, 0.25) is 0 Å². The first-order chi connectivity index (χ1) is 15.3. The number of aromatic nitrogens is 1. The minimum Gasteiger partial charge on any atom is -0.484 e. The SMILES string of the molecule is O=C(COc1ccc2ccccc2c1)Nc1ncc(S(=O)(=O)c2ccc([N+](=O)[O-])cc2)s1. The normalized spacial score (nSPS) is 11.2. The van der Waals surface area contributed by atoms with Crippen molar-refractivity contribution in [2.24, 2.45) is 0 Å². The van der Waals surface area contributed by atoms with E-state index in [4.69, 9.17) is 4.74 Å². The fourth-order valence-electron chi connectivity index (χ4n) is 2.87. The molecule has 0 aliphatic heterocycles. The number of hydrogen-bond acceptors (Lipinski definition) is 8. The van der Waals surface area contributed by atoms with E-state index < -0.39 is 20.7 Å². The number of anilines is 1. The van der Waals surface area contributed by atoms with Crippen LogP contribution in [-0.4, -0.2) is 30.8 Å². The van der Waals surface area contributed by atoms with E-state index in [1.807, 2.05) is 36.4 Å². The van der Waals surface area contributed by atoms with Crippen LogP contribution in [-0.2, 0) is 14.6 Å². The number of nitrogens with one attached hydrogen (secondary N) is 1. The monoisotopic (exact) mass is 469 g/mol. The summed E-state index contributed by atoms with van der Waals surface area (Å²) in [7, 11) is -3.92. The molecular formula is C21H15N3O6S2. The van der Waals surface area contributed by atoms with Crippen molar-refractivity contribution >= 4 is 48.7 Å². The Morgan fingerprint density at radius 2 is 1.78 bits per heavy atom. The third kappa shape index (κ3) is 4.58. The molecule has 0 aliphatic rings. The second-order valence-electron chi connectivity index (χ2n) is 6.58. The molecule has 4 aromatic rings. The molecule has 3 aromatic carbocycles. The summed E-state index contributed by atoms with van der Waals surface area (Å²) in [6.45, 7) is -0.275. The zero-order chi connectivity index (χ0) is 22.7. The van der Waals surface area contributed by atoms with Crippen molar-refractivity contribution in [1.82, 2.24) is 4.98 Å². The van der Waals surface area contributed by atoms with Gasteiger partial charge in [-0.1, -0.05) is 41.7 Å². The van der Waals surface area contributed by atoms with Gasteiger partial charge in [0.1, 0.15) is 9.96 Å². The minimum absolute atomic E-state index is 0.0950. The van der Waals surface area contributed by atoms with Gasteiger partial charge in [0.25, 0.3) is 11.6 Å². The Kier molecular flexibility index (Phi) is 5.84. The highest BCUT2D eigenvalue weighted by molar-refractivity contribution is 7.93.